The maximum absolute atomic E-state index is 12.5. The van der Waals surface area contributed by atoms with Crippen molar-refractivity contribution in [2.45, 2.75) is 12.8 Å². The number of hydrogen-bond donors (Lipinski definition) is 3. The van der Waals surface area contributed by atoms with Crippen LogP contribution in [0, 0.1) is 5.41 Å². The number of nitrogens with one attached hydrogen (secondary N) is 1. The first-order valence-corrected chi connectivity index (χ1v) is 9.31. The number of carboxylic acid groups (broad SMARTS) is 1. The zero-order valence-corrected chi connectivity index (χ0v) is 15.7. The van der Waals surface area contributed by atoms with Crippen molar-refractivity contribution >= 4 is 35.1 Å². The van der Waals surface area contributed by atoms with Crippen molar-refractivity contribution in [3.63, 3.8) is 0 Å². The number of aromatic nitrogens is 1. The molecule has 3 amide bonds. The molecule has 0 radical (unpaired) electrons. The molecule has 2 aliphatic heterocycles. The van der Waals surface area contributed by atoms with Gasteiger partial charge < -0.3 is 21.1 Å². The molecule has 9 nitrogen and oxygen atoms in total. The van der Waals surface area contributed by atoms with Gasteiger partial charge in [0, 0.05) is 25.8 Å². The second kappa shape index (κ2) is 7.08. The van der Waals surface area contributed by atoms with Crippen LogP contribution in [0.2, 0.25) is 0 Å². The molecule has 2 aliphatic rings. The predicted molar refractivity (Wildman–Crippen MR) is 107 cm³/mol. The number of likely N-dealkylation sites (tertiary alicyclic amines) is 1. The van der Waals surface area contributed by atoms with Gasteiger partial charge in [-0.1, -0.05) is 12.1 Å². The molecule has 4 rings (SSSR count). The quantitative estimate of drug-likeness (QED) is 0.678. The number of carbonyl (C=O) groups excluding carboxylic acids is 2. The molecule has 0 bridgehead atoms. The highest BCUT2D eigenvalue weighted by molar-refractivity contribution is 6.05. The Morgan fingerprint density at radius 1 is 1.14 bits per heavy atom. The SMILES string of the molecule is Nc1ccccc1NC(=O)c1ccc(N2CCC3(CCN(C(=O)O)C3=O)C2)nc1. The van der Waals surface area contributed by atoms with Gasteiger partial charge in [0.2, 0.25) is 5.91 Å². The monoisotopic (exact) mass is 395 g/mol. The average molecular weight is 395 g/mol. The van der Waals surface area contributed by atoms with Crippen LogP contribution in [0.1, 0.15) is 23.2 Å². The number of hydrogen-bond acceptors (Lipinski definition) is 6. The first-order chi connectivity index (χ1) is 13.9. The lowest BCUT2D eigenvalue weighted by Crippen LogP contribution is -2.39. The molecular weight excluding hydrogens is 374 g/mol. The highest BCUT2D eigenvalue weighted by atomic mass is 16.4. The van der Waals surface area contributed by atoms with E-state index in [2.05, 4.69) is 10.3 Å². The first-order valence-electron chi connectivity index (χ1n) is 9.31. The van der Waals surface area contributed by atoms with Crippen molar-refractivity contribution in [2.75, 3.05) is 35.6 Å². The summed E-state index contributed by atoms with van der Waals surface area (Å²) < 4.78 is 0. The van der Waals surface area contributed by atoms with Gasteiger partial charge in [0.15, 0.2) is 0 Å². The van der Waals surface area contributed by atoms with Crippen LogP contribution in [0.4, 0.5) is 22.0 Å². The van der Waals surface area contributed by atoms with Gasteiger partial charge >= 0.3 is 6.09 Å². The number of nitrogens with two attached hydrogens (primary N) is 1. The lowest BCUT2D eigenvalue weighted by atomic mass is 9.85. The Morgan fingerprint density at radius 2 is 1.90 bits per heavy atom. The van der Waals surface area contributed by atoms with Gasteiger partial charge in [-0.05, 0) is 37.1 Å². The summed E-state index contributed by atoms with van der Waals surface area (Å²) in [6, 6.07) is 10.4. The molecular formula is C20H21N5O4. The van der Waals surface area contributed by atoms with E-state index >= 15 is 0 Å². The minimum Gasteiger partial charge on any atom is -0.465 e. The molecule has 1 spiro atoms. The van der Waals surface area contributed by atoms with Crippen molar-refractivity contribution in [1.29, 1.82) is 0 Å². The fourth-order valence-electron chi connectivity index (χ4n) is 3.96. The minimum absolute atomic E-state index is 0.233. The number of anilines is 3. The Kier molecular flexibility index (Phi) is 4.57. The summed E-state index contributed by atoms with van der Waals surface area (Å²) in [7, 11) is 0. The normalized spacial score (nSPS) is 21.0. The van der Waals surface area contributed by atoms with E-state index in [0.717, 1.165) is 4.90 Å². The van der Waals surface area contributed by atoms with E-state index in [1.165, 1.54) is 6.20 Å². The molecule has 2 saturated heterocycles. The van der Waals surface area contributed by atoms with Gasteiger partial charge in [0.05, 0.1) is 22.4 Å². The lowest BCUT2D eigenvalue weighted by molar-refractivity contribution is -0.133. The van der Waals surface area contributed by atoms with Crippen LogP contribution in [-0.2, 0) is 4.79 Å². The molecule has 3 heterocycles. The number of para-hydroxylation sites is 2. The van der Waals surface area contributed by atoms with E-state index in [-0.39, 0.29) is 18.4 Å². The van der Waals surface area contributed by atoms with E-state index in [4.69, 9.17) is 10.8 Å². The van der Waals surface area contributed by atoms with Crippen molar-refractivity contribution in [3.8, 4) is 0 Å². The number of carbonyl (C=O) groups is 3. The summed E-state index contributed by atoms with van der Waals surface area (Å²) in [4.78, 5) is 43.4. The zero-order valence-electron chi connectivity index (χ0n) is 15.7. The van der Waals surface area contributed by atoms with Gasteiger partial charge in [0.25, 0.3) is 5.91 Å². The Morgan fingerprint density at radius 3 is 2.55 bits per heavy atom. The number of pyridine rings is 1. The molecule has 1 aromatic carbocycles. The number of nitrogens with zero attached hydrogens (tertiary/aromatic N) is 3. The number of rotatable bonds is 3. The van der Waals surface area contributed by atoms with Crippen LogP contribution in [0.3, 0.4) is 0 Å². The molecule has 1 aromatic heterocycles. The van der Waals surface area contributed by atoms with Gasteiger partial charge in [-0.3, -0.25) is 9.59 Å². The predicted octanol–water partition coefficient (Wildman–Crippen LogP) is 2.02. The zero-order chi connectivity index (χ0) is 20.6. The summed E-state index contributed by atoms with van der Waals surface area (Å²) in [6.07, 6.45) is 1.40. The van der Waals surface area contributed by atoms with E-state index in [1.807, 2.05) is 4.90 Å². The largest absolute Gasteiger partial charge is 0.465 e. The van der Waals surface area contributed by atoms with Crippen LogP contribution < -0.4 is 16.0 Å². The molecule has 29 heavy (non-hydrogen) atoms. The Balaban J connectivity index is 1.44. The summed E-state index contributed by atoms with van der Waals surface area (Å²) in [5, 5.41) is 11.9. The van der Waals surface area contributed by atoms with Crippen LogP contribution >= 0.6 is 0 Å². The van der Waals surface area contributed by atoms with Crippen LogP contribution in [0.5, 0.6) is 0 Å². The van der Waals surface area contributed by atoms with E-state index in [9.17, 15) is 14.4 Å². The molecule has 2 fully saturated rings. The van der Waals surface area contributed by atoms with Crippen molar-refractivity contribution < 1.29 is 19.5 Å². The van der Waals surface area contributed by atoms with Gasteiger partial charge in [-0.15, -0.1) is 0 Å². The van der Waals surface area contributed by atoms with Crippen LogP contribution in [0.25, 0.3) is 0 Å². The third kappa shape index (κ3) is 3.35. The summed E-state index contributed by atoms with van der Waals surface area (Å²) >= 11 is 0. The van der Waals surface area contributed by atoms with Crippen molar-refractivity contribution in [1.82, 2.24) is 9.88 Å². The topological polar surface area (TPSA) is 129 Å². The van der Waals surface area contributed by atoms with E-state index < -0.39 is 11.5 Å². The molecule has 1 unspecified atom stereocenters. The van der Waals surface area contributed by atoms with E-state index in [0.29, 0.717) is 48.7 Å². The smallest absolute Gasteiger partial charge is 0.414 e. The summed E-state index contributed by atoms with van der Waals surface area (Å²) in [5.74, 6) is 0.00563. The fourth-order valence-corrected chi connectivity index (χ4v) is 3.96. The summed E-state index contributed by atoms with van der Waals surface area (Å²) in [6.45, 7) is 1.27. The number of amides is 3. The number of imide groups is 1. The van der Waals surface area contributed by atoms with Gasteiger partial charge in [-0.25, -0.2) is 14.7 Å². The summed E-state index contributed by atoms with van der Waals surface area (Å²) in [5.41, 5.74) is 6.58. The Hall–Kier alpha value is -3.62. The molecule has 0 saturated carbocycles. The second-order valence-electron chi connectivity index (χ2n) is 7.39. The number of nitrogen functional groups attached to an aromatic ring is 1. The standard InChI is InChI=1S/C20H21N5O4/c21-14-3-1-2-4-15(14)23-17(26)13-5-6-16(22-11-13)24-9-7-20(12-24)8-10-25(18(20)27)19(28)29/h1-6,11H,7-10,12,21H2,(H,23,26)(H,28,29). The first kappa shape index (κ1) is 18.7. The van der Waals surface area contributed by atoms with Gasteiger partial charge in [0.1, 0.15) is 5.82 Å². The minimum atomic E-state index is -1.20. The molecule has 0 aliphatic carbocycles. The maximum Gasteiger partial charge on any atom is 0.414 e. The Bertz CT molecular complexity index is 977. The van der Waals surface area contributed by atoms with Crippen molar-refractivity contribution in [3.05, 3.63) is 48.2 Å². The van der Waals surface area contributed by atoms with Crippen LogP contribution in [-0.4, -0.2) is 52.5 Å². The van der Waals surface area contributed by atoms with E-state index in [1.54, 1.807) is 36.4 Å². The maximum atomic E-state index is 12.5. The third-order valence-corrected chi connectivity index (χ3v) is 5.64. The third-order valence-electron chi connectivity index (χ3n) is 5.64. The second-order valence-corrected chi connectivity index (χ2v) is 7.39. The van der Waals surface area contributed by atoms with Gasteiger partial charge in [-0.2, -0.15) is 0 Å². The number of benzene rings is 1. The lowest BCUT2D eigenvalue weighted by Gasteiger charge is -2.22. The highest BCUT2D eigenvalue weighted by Crippen LogP contribution is 2.41. The fraction of sp³-hybridized carbons (Fsp3) is 0.300. The molecule has 150 valence electrons. The molecule has 1 atom stereocenters. The van der Waals surface area contributed by atoms with Crippen molar-refractivity contribution in [2.24, 2.45) is 5.41 Å². The molecule has 2 aromatic rings. The Labute approximate surface area is 167 Å². The van der Waals surface area contributed by atoms with Crippen LogP contribution in [0.15, 0.2) is 42.6 Å². The average Bonchev–Trinajstić information content (AvgIpc) is 3.29. The highest BCUT2D eigenvalue weighted by Gasteiger charge is 2.52. The molecule has 4 N–H and O–H groups in total. The molecule has 9 heteroatoms.